The van der Waals surface area contributed by atoms with Crippen LogP contribution in [0.1, 0.15) is 31.9 Å². The molecule has 0 fully saturated rings. The minimum absolute atomic E-state index is 0.0458. The van der Waals surface area contributed by atoms with E-state index >= 15 is 0 Å². The maximum Gasteiger partial charge on any atom is 0.243 e. The van der Waals surface area contributed by atoms with Gasteiger partial charge in [-0.25, -0.2) is 8.42 Å². The quantitative estimate of drug-likeness (QED) is 0.678. The first-order valence-corrected chi connectivity index (χ1v) is 11.5. The van der Waals surface area contributed by atoms with Crippen molar-refractivity contribution in [3.8, 4) is 5.75 Å². The van der Waals surface area contributed by atoms with Gasteiger partial charge in [0.2, 0.25) is 15.9 Å². The molecule has 8 heteroatoms. The molecule has 0 radical (unpaired) electrons. The number of benzene rings is 2. The summed E-state index contributed by atoms with van der Waals surface area (Å²) in [7, 11) is -3.70. The number of nitrogens with zero attached hydrogens (tertiary/aromatic N) is 1. The highest BCUT2D eigenvalue weighted by atomic mass is 35.5. The molecule has 2 aromatic rings. The zero-order valence-electron chi connectivity index (χ0n) is 17.3. The Bertz CT molecular complexity index is 976. The molecule has 0 aromatic heterocycles. The molecule has 0 aliphatic carbocycles. The molecule has 2 rings (SSSR count). The second kappa shape index (κ2) is 9.50. The summed E-state index contributed by atoms with van der Waals surface area (Å²) in [4.78, 5) is 12.7. The second-order valence-corrected chi connectivity index (χ2v) is 9.47. The first kappa shape index (κ1) is 23.0. The lowest BCUT2D eigenvalue weighted by molar-refractivity contribution is -0.122. The monoisotopic (exact) mass is 438 g/mol. The van der Waals surface area contributed by atoms with Crippen LogP contribution in [0.4, 0.5) is 5.69 Å². The Morgan fingerprint density at radius 1 is 1.17 bits per heavy atom. The van der Waals surface area contributed by atoms with Gasteiger partial charge < -0.3 is 10.1 Å². The summed E-state index contributed by atoms with van der Waals surface area (Å²) in [5, 5.41) is 3.23. The van der Waals surface area contributed by atoms with Gasteiger partial charge in [0.05, 0.1) is 18.0 Å². The van der Waals surface area contributed by atoms with Crippen molar-refractivity contribution >= 4 is 33.2 Å². The highest BCUT2D eigenvalue weighted by Gasteiger charge is 2.29. The number of nitrogens with one attached hydrogen (secondary N) is 1. The third-order valence-electron chi connectivity index (χ3n) is 4.24. The Morgan fingerprint density at radius 3 is 2.45 bits per heavy atom. The van der Waals surface area contributed by atoms with E-state index in [2.05, 4.69) is 5.32 Å². The molecule has 29 heavy (non-hydrogen) atoms. The highest BCUT2D eigenvalue weighted by Crippen LogP contribution is 2.26. The Morgan fingerprint density at radius 2 is 1.86 bits per heavy atom. The van der Waals surface area contributed by atoms with Crippen molar-refractivity contribution < 1.29 is 17.9 Å². The standard InChI is InChI=1S/C21H27ClN2O4S/c1-14(2)28-19-8-6-7-17(11-19)13-23-21(25)16(4)24(29(5,26)27)18-10-9-15(3)20(22)12-18/h6-12,14,16H,13H2,1-5H3,(H,23,25). The van der Waals surface area contributed by atoms with Crippen molar-refractivity contribution in [2.45, 2.75) is 46.4 Å². The topological polar surface area (TPSA) is 75.7 Å². The van der Waals surface area contributed by atoms with Crippen LogP contribution in [0.2, 0.25) is 5.02 Å². The van der Waals surface area contributed by atoms with Crippen LogP contribution in [-0.2, 0) is 21.4 Å². The molecule has 0 bridgehead atoms. The summed E-state index contributed by atoms with van der Waals surface area (Å²) in [6.45, 7) is 7.50. The molecule has 6 nitrogen and oxygen atoms in total. The Kier molecular flexibility index (Phi) is 7.54. The molecule has 0 aliphatic heterocycles. The van der Waals surface area contributed by atoms with Gasteiger partial charge in [-0.05, 0) is 63.1 Å². The van der Waals surface area contributed by atoms with E-state index in [1.54, 1.807) is 25.1 Å². The minimum Gasteiger partial charge on any atom is -0.491 e. The summed E-state index contributed by atoms with van der Waals surface area (Å²) in [5.74, 6) is 0.300. The molecule has 1 atom stereocenters. The Hall–Kier alpha value is -2.25. The number of anilines is 1. The van der Waals surface area contributed by atoms with Gasteiger partial charge in [0.1, 0.15) is 11.8 Å². The summed E-state index contributed by atoms with van der Waals surface area (Å²) in [6, 6.07) is 11.4. The van der Waals surface area contributed by atoms with Gasteiger partial charge in [0, 0.05) is 11.6 Å². The van der Waals surface area contributed by atoms with Crippen LogP contribution in [0.5, 0.6) is 5.75 Å². The van der Waals surface area contributed by atoms with E-state index < -0.39 is 22.0 Å². The number of hydrogen-bond acceptors (Lipinski definition) is 4. The zero-order valence-corrected chi connectivity index (χ0v) is 18.8. The van der Waals surface area contributed by atoms with Crippen LogP contribution in [0.15, 0.2) is 42.5 Å². The van der Waals surface area contributed by atoms with Crippen LogP contribution >= 0.6 is 11.6 Å². The number of halogens is 1. The number of carbonyl (C=O) groups is 1. The van der Waals surface area contributed by atoms with Gasteiger partial charge in [-0.3, -0.25) is 9.10 Å². The van der Waals surface area contributed by atoms with Crippen LogP contribution in [0.3, 0.4) is 0 Å². The van der Waals surface area contributed by atoms with Crippen molar-refractivity contribution in [3.05, 3.63) is 58.6 Å². The van der Waals surface area contributed by atoms with E-state index in [0.717, 1.165) is 21.7 Å². The number of carbonyl (C=O) groups excluding carboxylic acids is 1. The molecule has 2 aromatic carbocycles. The number of aryl methyl sites for hydroxylation is 1. The molecule has 1 unspecified atom stereocenters. The van der Waals surface area contributed by atoms with Gasteiger partial charge in [0.25, 0.3) is 0 Å². The number of amides is 1. The van der Waals surface area contributed by atoms with Crippen molar-refractivity contribution in [1.29, 1.82) is 0 Å². The van der Waals surface area contributed by atoms with Gasteiger partial charge >= 0.3 is 0 Å². The number of hydrogen-bond donors (Lipinski definition) is 1. The molecule has 0 saturated carbocycles. The van der Waals surface area contributed by atoms with E-state index in [1.807, 2.05) is 45.0 Å². The fraction of sp³-hybridized carbons (Fsp3) is 0.381. The minimum atomic E-state index is -3.70. The smallest absolute Gasteiger partial charge is 0.243 e. The first-order valence-electron chi connectivity index (χ1n) is 9.28. The molecule has 158 valence electrons. The lowest BCUT2D eigenvalue weighted by atomic mass is 10.2. The van der Waals surface area contributed by atoms with E-state index in [0.29, 0.717) is 16.5 Å². The van der Waals surface area contributed by atoms with Crippen molar-refractivity contribution in [1.82, 2.24) is 5.32 Å². The van der Waals surface area contributed by atoms with Gasteiger partial charge in [-0.1, -0.05) is 29.8 Å². The Labute approximate surface area is 177 Å². The number of rotatable bonds is 8. The van der Waals surface area contributed by atoms with Crippen LogP contribution < -0.4 is 14.4 Å². The molecule has 0 heterocycles. The van der Waals surface area contributed by atoms with E-state index in [-0.39, 0.29) is 12.6 Å². The fourth-order valence-corrected chi connectivity index (χ4v) is 4.21. The maximum absolute atomic E-state index is 12.7. The molecule has 1 N–H and O–H groups in total. The largest absolute Gasteiger partial charge is 0.491 e. The fourth-order valence-electron chi connectivity index (χ4n) is 2.87. The maximum atomic E-state index is 12.7. The van der Waals surface area contributed by atoms with E-state index in [9.17, 15) is 13.2 Å². The lowest BCUT2D eigenvalue weighted by Crippen LogP contribution is -2.47. The van der Waals surface area contributed by atoms with Gasteiger partial charge in [-0.15, -0.1) is 0 Å². The summed E-state index contributed by atoms with van der Waals surface area (Å²) < 4.78 is 31.5. The molecule has 0 saturated heterocycles. The Balaban J connectivity index is 2.16. The first-order chi connectivity index (χ1) is 13.5. The molecule has 1 amide bonds. The normalized spacial score (nSPS) is 12.5. The van der Waals surface area contributed by atoms with E-state index in [4.69, 9.17) is 16.3 Å². The third-order valence-corrected chi connectivity index (χ3v) is 5.88. The average molecular weight is 439 g/mol. The van der Waals surface area contributed by atoms with Crippen LogP contribution in [-0.4, -0.2) is 32.7 Å². The van der Waals surface area contributed by atoms with Crippen LogP contribution in [0, 0.1) is 6.92 Å². The van der Waals surface area contributed by atoms with Crippen molar-refractivity contribution in [2.24, 2.45) is 0 Å². The molecule has 0 spiro atoms. The predicted molar refractivity (Wildman–Crippen MR) is 117 cm³/mol. The second-order valence-electron chi connectivity index (χ2n) is 7.20. The van der Waals surface area contributed by atoms with E-state index in [1.165, 1.54) is 0 Å². The SMILES string of the molecule is Cc1ccc(N(C(C)C(=O)NCc2cccc(OC(C)C)c2)S(C)(=O)=O)cc1Cl. The van der Waals surface area contributed by atoms with Crippen LogP contribution in [0.25, 0.3) is 0 Å². The number of sulfonamides is 1. The van der Waals surface area contributed by atoms with Gasteiger partial charge in [-0.2, -0.15) is 0 Å². The van der Waals surface area contributed by atoms with Crippen molar-refractivity contribution in [3.63, 3.8) is 0 Å². The average Bonchev–Trinajstić information content (AvgIpc) is 2.61. The molecular weight excluding hydrogens is 412 g/mol. The van der Waals surface area contributed by atoms with Crippen molar-refractivity contribution in [2.75, 3.05) is 10.6 Å². The summed E-state index contributed by atoms with van der Waals surface area (Å²) in [5.41, 5.74) is 2.02. The molecule has 0 aliphatic rings. The molecular formula is C21H27ClN2O4S. The lowest BCUT2D eigenvalue weighted by Gasteiger charge is -2.28. The van der Waals surface area contributed by atoms with Gasteiger partial charge in [0.15, 0.2) is 0 Å². The zero-order chi connectivity index (χ0) is 21.8. The third kappa shape index (κ3) is 6.37. The number of ether oxygens (including phenoxy) is 1. The predicted octanol–water partition coefficient (Wildman–Crippen LogP) is 3.91. The summed E-state index contributed by atoms with van der Waals surface area (Å²) in [6.07, 6.45) is 1.11. The summed E-state index contributed by atoms with van der Waals surface area (Å²) >= 11 is 6.15. The highest BCUT2D eigenvalue weighted by molar-refractivity contribution is 7.92.